The number of carbonyl (C=O) groups is 2. The summed E-state index contributed by atoms with van der Waals surface area (Å²) in [6.45, 7) is 9.64. The predicted molar refractivity (Wildman–Crippen MR) is 172 cm³/mol. The van der Waals surface area contributed by atoms with Crippen LogP contribution >= 0.6 is 0 Å². The zero-order chi connectivity index (χ0) is 31.5. The first-order chi connectivity index (χ1) is 20.9. The molecule has 0 saturated carbocycles. The molecule has 3 aromatic carbocycles. The Morgan fingerprint density at radius 3 is 1.91 bits per heavy atom. The van der Waals surface area contributed by atoms with Crippen LogP contribution in [-0.2, 0) is 20.7 Å². The van der Waals surface area contributed by atoms with Crippen LogP contribution < -0.4 is 15.8 Å². The van der Waals surface area contributed by atoms with Gasteiger partial charge in [0.05, 0.1) is 13.2 Å². The number of piperazine rings is 1. The van der Waals surface area contributed by atoms with Gasteiger partial charge in [-0.2, -0.15) is 0 Å². The molecule has 1 heterocycles. The molecule has 0 aliphatic carbocycles. The fourth-order valence-electron chi connectivity index (χ4n) is 4.05. The normalized spacial score (nSPS) is 12.7. The fourth-order valence-corrected chi connectivity index (χ4v) is 4.05. The number of hydrogen-bond acceptors (Lipinski definition) is 7. The molecule has 0 unspecified atom stereocenters. The maximum atomic E-state index is 12.8. The van der Waals surface area contributed by atoms with E-state index in [4.69, 9.17) is 14.3 Å². The lowest BCUT2D eigenvalue weighted by Gasteiger charge is -2.33. The van der Waals surface area contributed by atoms with Crippen molar-refractivity contribution in [2.45, 2.75) is 26.2 Å². The number of benzene rings is 3. The van der Waals surface area contributed by atoms with Gasteiger partial charge in [-0.3, -0.25) is 14.6 Å². The van der Waals surface area contributed by atoms with Crippen molar-refractivity contribution >= 4 is 12.7 Å². The quantitative estimate of drug-likeness (QED) is 0.231. The summed E-state index contributed by atoms with van der Waals surface area (Å²) in [6, 6.07) is 24.4. The predicted octanol–water partition coefficient (Wildman–Crippen LogP) is 4.71. The van der Waals surface area contributed by atoms with E-state index >= 15 is 0 Å². The molecule has 0 radical (unpaired) electrons. The number of rotatable bonds is 12. The van der Waals surface area contributed by atoms with Gasteiger partial charge in [0.1, 0.15) is 23.6 Å². The Balaban J connectivity index is 0.000000342. The van der Waals surface area contributed by atoms with E-state index in [1.807, 2.05) is 37.4 Å². The summed E-state index contributed by atoms with van der Waals surface area (Å²) < 4.78 is 23.5. The summed E-state index contributed by atoms with van der Waals surface area (Å²) in [5.74, 6) is 1.16. The maximum Gasteiger partial charge on any atom is 0.204 e. The van der Waals surface area contributed by atoms with Crippen LogP contribution in [-0.4, -0.2) is 89.1 Å². The van der Waals surface area contributed by atoms with Gasteiger partial charge in [0, 0.05) is 39.8 Å². The molecule has 0 aromatic heterocycles. The SMILES string of the molecule is CNCCCCc1ccc(Oc2ccc(F)cc2)cc1.COCCN1CCN(CC=O)CC1.Cc1ccccc1.NC=O. The Kier molecular flexibility index (Phi) is 21.7. The molecular weight excluding hydrogens is 547 g/mol. The average molecular weight is 597 g/mol. The van der Waals surface area contributed by atoms with Crippen LogP contribution in [0.1, 0.15) is 24.0 Å². The van der Waals surface area contributed by atoms with Crippen molar-refractivity contribution in [1.82, 2.24) is 15.1 Å². The van der Waals surface area contributed by atoms with Crippen molar-refractivity contribution in [3.63, 3.8) is 0 Å². The molecule has 3 N–H and O–H groups in total. The van der Waals surface area contributed by atoms with Crippen LogP contribution in [0, 0.1) is 12.7 Å². The van der Waals surface area contributed by atoms with Crippen LogP contribution in [0.15, 0.2) is 78.9 Å². The summed E-state index contributed by atoms with van der Waals surface area (Å²) in [4.78, 5) is 23.4. The molecule has 4 rings (SSSR count). The summed E-state index contributed by atoms with van der Waals surface area (Å²) >= 11 is 0. The van der Waals surface area contributed by atoms with Gasteiger partial charge < -0.3 is 25.3 Å². The molecule has 9 heteroatoms. The number of aldehydes is 1. The number of primary amides is 1. The number of aryl methyl sites for hydroxylation is 2. The van der Waals surface area contributed by atoms with Gasteiger partial charge >= 0.3 is 0 Å². The lowest BCUT2D eigenvalue weighted by Crippen LogP contribution is -2.47. The number of ether oxygens (including phenoxy) is 2. The third kappa shape index (κ3) is 19.2. The van der Waals surface area contributed by atoms with Crippen molar-refractivity contribution in [3.8, 4) is 11.5 Å². The minimum Gasteiger partial charge on any atom is -0.457 e. The summed E-state index contributed by atoms with van der Waals surface area (Å²) in [6.07, 6.45) is 4.67. The van der Waals surface area contributed by atoms with E-state index in [0.29, 0.717) is 12.3 Å². The highest BCUT2D eigenvalue weighted by molar-refractivity contribution is 5.52. The minimum atomic E-state index is -0.255. The zero-order valence-electron chi connectivity index (χ0n) is 25.9. The Morgan fingerprint density at radius 1 is 0.860 bits per heavy atom. The van der Waals surface area contributed by atoms with Crippen LogP contribution in [0.3, 0.4) is 0 Å². The van der Waals surface area contributed by atoms with Gasteiger partial charge in [-0.15, -0.1) is 0 Å². The fraction of sp³-hybridized carbons (Fsp3) is 0.412. The third-order valence-corrected chi connectivity index (χ3v) is 6.46. The number of nitrogens with two attached hydrogens (primary N) is 1. The van der Waals surface area contributed by atoms with Crippen molar-refractivity contribution in [2.24, 2.45) is 5.73 Å². The molecule has 236 valence electrons. The zero-order valence-corrected chi connectivity index (χ0v) is 25.9. The third-order valence-electron chi connectivity index (χ3n) is 6.46. The number of unbranched alkanes of at least 4 members (excludes halogenated alkanes) is 1. The lowest BCUT2D eigenvalue weighted by atomic mass is 10.1. The van der Waals surface area contributed by atoms with Gasteiger partial charge in [-0.1, -0.05) is 48.0 Å². The molecule has 1 saturated heterocycles. The molecule has 0 spiro atoms. The summed E-state index contributed by atoms with van der Waals surface area (Å²) in [5.41, 5.74) is 6.80. The van der Waals surface area contributed by atoms with Crippen LogP contribution in [0.2, 0.25) is 0 Å². The maximum absolute atomic E-state index is 12.8. The van der Waals surface area contributed by atoms with Crippen molar-refractivity contribution in [1.29, 1.82) is 0 Å². The second-order valence-electron chi connectivity index (χ2n) is 9.85. The van der Waals surface area contributed by atoms with Gasteiger partial charge in [-0.25, -0.2) is 4.39 Å². The first-order valence-corrected chi connectivity index (χ1v) is 14.7. The molecule has 8 nitrogen and oxygen atoms in total. The summed E-state index contributed by atoms with van der Waals surface area (Å²) in [5, 5.41) is 3.15. The van der Waals surface area contributed by atoms with E-state index in [9.17, 15) is 9.18 Å². The first kappa shape index (κ1) is 37.4. The number of hydrogen-bond donors (Lipinski definition) is 2. The molecule has 3 aromatic rings. The molecule has 1 fully saturated rings. The number of nitrogens with zero attached hydrogens (tertiary/aromatic N) is 2. The van der Waals surface area contributed by atoms with Crippen LogP contribution in [0.5, 0.6) is 11.5 Å². The van der Waals surface area contributed by atoms with Gasteiger partial charge in [0.2, 0.25) is 6.41 Å². The Morgan fingerprint density at radius 2 is 1.42 bits per heavy atom. The molecule has 1 aliphatic rings. The number of amides is 1. The largest absolute Gasteiger partial charge is 0.457 e. The number of carbonyl (C=O) groups excluding carboxylic acids is 2. The number of halogens is 1. The molecule has 0 atom stereocenters. The number of methoxy groups -OCH3 is 1. The van der Waals surface area contributed by atoms with Crippen molar-refractivity contribution in [2.75, 3.05) is 66.6 Å². The first-order valence-electron chi connectivity index (χ1n) is 14.7. The second kappa shape index (κ2) is 24.9. The molecule has 0 bridgehead atoms. The number of nitrogens with one attached hydrogen (secondary N) is 1. The van der Waals surface area contributed by atoms with E-state index in [1.165, 1.54) is 36.1 Å². The van der Waals surface area contributed by atoms with Crippen molar-refractivity contribution in [3.05, 3.63) is 95.8 Å². The van der Waals surface area contributed by atoms with E-state index in [-0.39, 0.29) is 12.2 Å². The minimum absolute atomic E-state index is 0.250. The van der Waals surface area contributed by atoms with E-state index in [1.54, 1.807) is 19.2 Å². The molecule has 43 heavy (non-hydrogen) atoms. The summed E-state index contributed by atoms with van der Waals surface area (Å²) in [7, 11) is 3.70. The van der Waals surface area contributed by atoms with E-state index in [2.05, 4.69) is 52.0 Å². The van der Waals surface area contributed by atoms with Crippen LogP contribution in [0.4, 0.5) is 4.39 Å². The highest BCUT2D eigenvalue weighted by atomic mass is 19.1. The Hall–Kier alpha value is -3.63. The second-order valence-corrected chi connectivity index (χ2v) is 9.85. The Bertz CT molecular complexity index is 1080. The standard InChI is InChI=1S/C17H20FNO.C9H18N2O2.C7H8.CH3NO/c1-19-13-3-2-4-14-5-9-16(10-6-14)20-17-11-7-15(18)8-12-17;1-13-9-7-11-4-2-10(3-5-11)6-8-12;1-7-5-3-2-4-6-7;2-1-3/h5-12,19H,2-4,13H2,1H3;8H,2-7,9H2,1H3;2-6H,1H3;1H,(H2,2,3). The van der Waals surface area contributed by atoms with Crippen molar-refractivity contribution < 1.29 is 23.5 Å². The van der Waals surface area contributed by atoms with Gasteiger partial charge in [0.25, 0.3) is 0 Å². The topological polar surface area (TPSA) is 97.1 Å². The lowest BCUT2D eigenvalue weighted by molar-refractivity contribution is -0.109. The highest BCUT2D eigenvalue weighted by Gasteiger charge is 2.15. The molecule has 1 aliphatic heterocycles. The Labute approximate surface area is 257 Å². The van der Waals surface area contributed by atoms with Gasteiger partial charge in [0.15, 0.2) is 0 Å². The molecular formula is C34H49FN4O4. The smallest absolute Gasteiger partial charge is 0.204 e. The highest BCUT2D eigenvalue weighted by Crippen LogP contribution is 2.22. The van der Waals surface area contributed by atoms with Gasteiger partial charge in [-0.05, 0) is 81.7 Å². The monoisotopic (exact) mass is 596 g/mol. The molecule has 1 amide bonds. The van der Waals surface area contributed by atoms with E-state index < -0.39 is 0 Å². The van der Waals surface area contributed by atoms with E-state index in [0.717, 1.165) is 64.3 Å². The average Bonchev–Trinajstić information content (AvgIpc) is 3.02. The van der Waals surface area contributed by atoms with Crippen LogP contribution in [0.25, 0.3) is 0 Å².